The number of amides is 3. The van der Waals surface area contributed by atoms with Crippen LogP contribution in [0.2, 0.25) is 0 Å². The van der Waals surface area contributed by atoms with Crippen LogP contribution < -0.4 is 16.4 Å². The smallest absolute Gasteiger partial charge is 0.337 e. The maximum absolute atomic E-state index is 13.7. The van der Waals surface area contributed by atoms with Crippen LogP contribution in [0.3, 0.4) is 0 Å². The van der Waals surface area contributed by atoms with E-state index < -0.39 is 35.9 Å². The van der Waals surface area contributed by atoms with E-state index >= 15 is 0 Å². The summed E-state index contributed by atoms with van der Waals surface area (Å²) < 4.78 is 0. The molecule has 5 N–H and O–H groups in total. The summed E-state index contributed by atoms with van der Waals surface area (Å²) in [6.07, 6.45) is 1.26. The van der Waals surface area contributed by atoms with E-state index in [0.29, 0.717) is 12.8 Å². The highest BCUT2D eigenvalue weighted by atomic mass is 16.4. The summed E-state index contributed by atoms with van der Waals surface area (Å²) in [4.78, 5) is 53.1. The van der Waals surface area contributed by atoms with E-state index in [2.05, 4.69) is 10.6 Å². The highest BCUT2D eigenvalue weighted by Crippen LogP contribution is 2.18. The molecule has 0 heterocycles. The zero-order valence-corrected chi connectivity index (χ0v) is 22.8. The number of benzene rings is 2. The molecule has 0 saturated heterocycles. The number of carbonyl (C=O) groups is 4. The van der Waals surface area contributed by atoms with Crippen molar-refractivity contribution in [1.29, 1.82) is 0 Å². The lowest BCUT2D eigenvalue weighted by Crippen LogP contribution is -2.57. The molecule has 0 aromatic heterocycles. The Bertz CT molecular complexity index is 1110. The van der Waals surface area contributed by atoms with Gasteiger partial charge in [0.25, 0.3) is 0 Å². The molecule has 0 saturated carbocycles. The number of hydrogen-bond donors (Lipinski definition) is 4. The summed E-state index contributed by atoms with van der Waals surface area (Å²) in [6, 6.07) is 12.8. The predicted molar refractivity (Wildman–Crippen MR) is 148 cm³/mol. The van der Waals surface area contributed by atoms with Gasteiger partial charge in [0.2, 0.25) is 17.7 Å². The molecular formula is C29H40N4O5. The third-order valence-corrected chi connectivity index (χ3v) is 6.69. The van der Waals surface area contributed by atoms with Gasteiger partial charge in [0.1, 0.15) is 12.1 Å². The van der Waals surface area contributed by atoms with E-state index in [1.807, 2.05) is 58.0 Å². The van der Waals surface area contributed by atoms with Gasteiger partial charge in [-0.2, -0.15) is 0 Å². The maximum Gasteiger partial charge on any atom is 0.337 e. The SMILES string of the molecule is CC[C@H](C)[C@H](N)C(=O)N(C)[C@@H](Cc1ccccc1)C(=O)N[C@@H](CC(C)C)C(=O)Nc1ccccc1C(=O)O. The largest absolute Gasteiger partial charge is 0.478 e. The fraction of sp³-hybridized carbons (Fsp3) is 0.448. The van der Waals surface area contributed by atoms with Gasteiger partial charge in [0.05, 0.1) is 17.3 Å². The number of carboxylic acid groups (broad SMARTS) is 1. The second kappa shape index (κ2) is 14.3. The zero-order valence-electron chi connectivity index (χ0n) is 22.8. The second-order valence-corrected chi connectivity index (χ2v) is 10.1. The Kier molecular flexibility index (Phi) is 11.5. The summed E-state index contributed by atoms with van der Waals surface area (Å²) >= 11 is 0. The van der Waals surface area contributed by atoms with Crippen molar-refractivity contribution >= 4 is 29.4 Å². The quantitative estimate of drug-likeness (QED) is 0.317. The average Bonchev–Trinajstić information content (AvgIpc) is 2.90. The monoisotopic (exact) mass is 524 g/mol. The van der Waals surface area contributed by atoms with Crippen LogP contribution in [-0.4, -0.2) is 58.9 Å². The number of carboxylic acids is 1. The lowest BCUT2D eigenvalue weighted by atomic mass is 9.96. The van der Waals surface area contributed by atoms with Crippen molar-refractivity contribution in [2.75, 3.05) is 12.4 Å². The molecule has 0 aliphatic heterocycles. The lowest BCUT2D eigenvalue weighted by Gasteiger charge is -2.32. The minimum Gasteiger partial charge on any atom is -0.478 e. The van der Waals surface area contributed by atoms with Gasteiger partial charge in [0, 0.05) is 13.5 Å². The van der Waals surface area contributed by atoms with Crippen molar-refractivity contribution < 1.29 is 24.3 Å². The van der Waals surface area contributed by atoms with Crippen molar-refractivity contribution in [1.82, 2.24) is 10.2 Å². The molecule has 38 heavy (non-hydrogen) atoms. The summed E-state index contributed by atoms with van der Waals surface area (Å²) in [5.41, 5.74) is 7.15. The van der Waals surface area contributed by atoms with Crippen LogP contribution in [0.25, 0.3) is 0 Å². The lowest BCUT2D eigenvalue weighted by molar-refractivity contribution is -0.141. The third kappa shape index (κ3) is 8.41. The molecule has 0 spiro atoms. The number of nitrogens with zero attached hydrogens (tertiary/aromatic N) is 1. The van der Waals surface area contributed by atoms with E-state index in [9.17, 15) is 24.3 Å². The van der Waals surface area contributed by atoms with Gasteiger partial charge < -0.3 is 26.4 Å². The minimum atomic E-state index is -1.17. The van der Waals surface area contributed by atoms with Crippen molar-refractivity contribution in [2.24, 2.45) is 17.6 Å². The van der Waals surface area contributed by atoms with Gasteiger partial charge in [-0.3, -0.25) is 14.4 Å². The predicted octanol–water partition coefficient (Wildman–Crippen LogP) is 3.30. The number of rotatable bonds is 13. The Morgan fingerprint density at radius 2 is 1.55 bits per heavy atom. The van der Waals surface area contributed by atoms with Gasteiger partial charge in [-0.05, 0) is 36.0 Å². The molecule has 0 bridgehead atoms. The molecule has 3 amide bonds. The molecule has 2 aromatic carbocycles. The Morgan fingerprint density at radius 1 is 0.947 bits per heavy atom. The van der Waals surface area contributed by atoms with Crippen LogP contribution in [0.1, 0.15) is 56.5 Å². The topological polar surface area (TPSA) is 142 Å². The Labute approximate surface area is 224 Å². The molecule has 206 valence electrons. The normalized spacial score (nSPS) is 14.2. The first-order valence-corrected chi connectivity index (χ1v) is 13.0. The number of para-hydroxylation sites is 1. The van der Waals surface area contributed by atoms with Gasteiger partial charge >= 0.3 is 5.97 Å². The number of aromatic carboxylic acids is 1. The van der Waals surface area contributed by atoms with Crippen molar-refractivity contribution in [3.8, 4) is 0 Å². The number of hydrogen-bond acceptors (Lipinski definition) is 5. The standard InChI is InChI=1S/C29H40N4O5/c1-6-19(4)25(30)28(36)33(5)24(17-20-12-8-7-9-13-20)27(35)32-23(16-18(2)3)26(34)31-22-15-11-10-14-21(22)29(37)38/h7-15,18-19,23-25H,6,16-17,30H2,1-5H3,(H,31,34)(H,32,35)(H,37,38)/t19-,23-,24-,25-/m0/s1. The number of nitrogens with two attached hydrogens (primary N) is 1. The molecular weight excluding hydrogens is 484 g/mol. The summed E-state index contributed by atoms with van der Waals surface area (Å²) in [5, 5.41) is 14.9. The maximum atomic E-state index is 13.7. The first-order valence-electron chi connectivity index (χ1n) is 13.0. The van der Waals surface area contributed by atoms with E-state index in [0.717, 1.165) is 5.56 Å². The Morgan fingerprint density at radius 3 is 2.13 bits per heavy atom. The average molecular weight is 525 g/mol. The summed E-state index contributed by atoms with van der Waals surface area (Å²) in [7, 11) is 1.55. The van der Waals surface area contributed by atoms with Gasteiger partial charge in [-0.25, -0.2) is 4.79 Å². The highest BCUT2D eigenvalue weighted by Gasteiger charge is 2.34. The van der Waals surface area contributed by atoms with Gasteiger partial charge in [-0.15, -0.1) is 0 Å². The van der Waals surface area contributed by atoms with E-state index in [1.54, 1.807) is 19.2 Å². The fourth-order valence-electron chi connectivity index (χ4n) is 4.10. The molecule has 2 rings (SSSR count). The number of nitrogens with one attached hydrogen (secondary N) is 2. The molecule has 0 aliphatic rings. The van der Waals surface area contributed by atoms with Crippen molar-refractivity contribution in [3.05, 3.63) is 65.7 Å². The Hall–Kier alpha value is -3.72. The molecule has 0 fully saturated rings. The van der Waals surface area contributed by atoms with Crippen LogP contribution >= 0.6 is 0 Å². The summed E-state index contributed by atoms with van der Waals surface area (Å²) in [6.45, 7) is 7.67. The number of anilines is 1. The molecule has 2 aromatic rings. The van der Waals surface area contributed by atoms with E-state index in [4.69, 9.17) is 5.73 Å². The fourth-order valence-corrected chi connectivity index (χ4v) is 4.10. The van der Waals surface area contributed by atoms with Crippen LogP contribution in [0.4, 0.5) is 5.69 Å². The molecule has 0 aliphatic carbocycles. The van der Waals surface area contributed by atoms with Crippen LogP contribution in [0, 0.1) is 11.8 Å². The summed E-state index contributed by atoms with van der Waals surface area (Å²) in [5.74, 6) is -2.58. The Balaban J connectivity index is 2.33. The third-order valence-electron chi connectivity index (χ3n) is 6.69. The second-order valence-electron chi connectivity index (χ2n) is 10.1. The molecule has 4 atom stereocenters. The molecule has 9 heteroatoms. The van der Waals surface area contributed by atoms with Crippen LogP contribution in [-0.2, 0) is 20.8 Å². The number of carbonyl (C=O) groups excluding carboxylic acids is 3. The molecule has 0 unspecified atom stereocenters. The van der Waals surface area contributed by atoms with E-state index in [-0.39, 0.29) is 35.4 Å². The van der Waals surface area contributed by atoms with Crippen molar-refractivity contribution in [3.63, 3.8) is 0 Å². The molecule has 0 radical (unpaired) electrons. The zero-order chi connectivity index (χ0) is 28.4. The highest BCUT2D eigenvalue weighted by molar-refractivity contribution is 6.03. The van der Waals surface area contributed by atoms with Gasteiger partial charge in [0.15, 0.2) is 0 Å². The van der Waals surface area contributed by atoms with E-state index in [1.165, 1.54) is 17.0 Å². The minimum absolute atomic E-state index is 0.0477. The van der Waals surface area contributed by atoms with Gasteiger partial charge in [-0.1, -0.05) is 76.6 Å². The first kappa shape index (κ1) is 30.5. The van der Waals surface area contributed by atoms with Crippen LogP contribution in [0.15, 0.2) is 54.6 Å². The van der Waals surface area contributed by atoms with Crippen molar-refractivity contribution in [2.45, 2.75) is 65.1 Å². The number of likely N-dealkylation sites (N-methyl/N-ethyl adjacent to an activating group) is 1. The van der Waals surface area contributed by atoms with Crippen LogP contribution in [0.5, 0.6) is 0 Å². The first-order chi connectivity index (χ1) is 18.0. The molecule has 9 nitrogen and oxygen atoms in total.